The van der Waals surface area contributed by atoms with Gasteiger partial charge in [0.25, 0.3) is 0 Å². The highest BCUT2D eigenvalue weighted by atomic mass is 79.9. The van der Waals surface area contributed by atoms with Gasteiger partial charge in [0.2, 0.25) is 5.95 Å². The van der Waals surface area contributed by atoms with Crippen LogP contribution < -0.4 is 5.32 Å². The van der Waals surface area contributed by atoms with Crippen LogP contribution in [0.1, 0.15) is 19.9 Å². The van der Waals surface area contributed by atoms with Crippen molar-refractivity contribution in [2.75, 3.05) is 12.4 Å². The molecule has 0 atom stereocenters. The Hall–Kier alpha value is -0.510. The van der Waals surface area contributed by atoms with E-state index in [4.69, 9.17) is 0 Å². The minimum Gasteiger partial charge on any atom is -0.359 e. The Bertz CT molecular complexity index is 242. The molecule has 1 rings (SSSR count). The minimum absolute atomic E-state index is 0.425. The molecule has 1 aromatic rings. The second-order valence-electron chi connectivity index (χ2n) is 2.62. The molecule has 0 amide bonds. The van der Waals surface area contributed by atoms with Gasteiger partial charge >= 0.3 is 0 Å². The van der Waals surface area contributed by atoms with E-state index >= 15 is 0 Å². The molecule has 1 aromatic heterocycles. The molecule has 0 saturated heterocycles. The van der Waals surface area contributed by atoms with Gasteiger partial charge in [0, 0.05) is 13.1 Å². The summed E-state index contributed by atoms with van der Waals surface area (Å²) in [4.78, 5) is 4.16. The third-order valence-corrected chi connectivity index (χ3v) is 2.08. The van der Waals surface area contributed by atoms with Crippen LogP contribution in [0.5, 0.6) is 0 Å². The third-order valence-electron chi connectivity index (χ3n) is 1.49. The number of anilines is 1. The molecular formula is C7H12BrN3. The molecular weight excluding hydrogens is 206 g/mol. The summed E-state index contributed by atoms with van der Waals surface area (Å²) in [6.07, 6.45) is 1.80. The van der Waals surface area contributed by atoms with Gasteiger partial charge in [0.1, 0.15) is 4.60 Å². The summed E-state index contributed by atoms with van der Waals surface area (Å²) < 4.78 is 3.09. The smallest absolute Gasteiger partial charge is 0.203 e. The molecule has 0 unspecified atom stereocenters. The van der Waals surface area contributed by atoms with Crippen molar-refractivity contribution in [1.29, 1.82) is 0 Å². The fraction of sp³-hybridized carbons (Fsp3) is 0.571. The first-order chi connectivity index (χ1) is 5.16. The number of nitrogens with one attached hydrogen (secondary N) is 1. The van der Waals surface area contributed by atoms with Crippen LogP contribution in [0.25, 0.3) is 0 Å². The summed E-state index contributed by atoms with van der Waals surface area (Å²) >= 11 is 3.42. The molecule has 0 bridgehead atoms. The molecule has 0 radical (unpaired) electrons. The van der Waals surface area contributed by atoms with Crippen molar-refractivity contribution in [3.05, 3.63) is 10.8 Å². The zero-order valence-corrected chi connectivity index (χ0v) is 8.51. The Morgan fingerprint density at radius 2 is 2.27 bits per heavy atom. The molecule has 3 nitrogen and oxygen atoms in total. The molecule has 1 N–H and O–H groups in total. The highest BCUT2D eigenvalue weighted by Crippen LogP contribution is 2.21. The number of aromatic nitrogens is 2. The lowest BCUT2D eigenvalue weighted by Crippen LogP contribution is -2.05. The number of halogens is 1. The van der Waals surface area contributed by atoms with E-state index in [9.17, 15) is 0 Å². The lowest BCUT2D eigenvalue weighted by molar-refractivity contribution is 0.596. The van der Waals surface area contributed by atoms with Crippen molar-refractivity contribution in [2.24, 2.45) is 0 Å². The maximum Gasteiger partial charge on any atom is 0.203 e. The van der Waals surface area contributed by atoms with Crippen molar-refractivity contribution in [1.82, 2.24) is 9.55 Å². The van der Waals surface area contributed by atoms with Crippen molar-refractivity contribution >= 4 is 21.9 Å². The Morgan fingerprint density at radius 1 is 1.64 bits per heavy atom. The highest BCUT2D eigenvalue weighted by Gasteiger charge is 2.08. The molecule has 0 saturated carbocycles. The summed E-state index contributed by atoms with van der Waals surface area (Å²) in [5.74, 6) is 0.895. The summed E-state index contributed by atoms with van der Waals surface area (Å²) in [5.41, 5.74) is 0. The molecule has 4 heteroatoms. The Morgan fingerprint density at radius 3 is 2.64 bits per heavy atom. The first-order valence-electron chi connectivity index (χ1n) is 3.57. The van der Waals surface area contributed by atoms with E-state index in [1.54, 1.807) is 6.20 Å². The average Bonchev–Trinajstić information content (AvgIpc) is 2.30. The fourth-order valence-corrected chi connectivity index (χ4v) is 1.70. The predicted molar refractivity (Wildman–Crippen MR) is 49.9 cm³/mol. The zero-order valence-electron chi connectivity index (χ0n) is 6.93. The SMILES string of the molecule is CNc1ncc(Br)n1C(C)C. The normalized spacial score (nSPS) is 10.6. The number of imidazole rings is 1. The monoisotopic (exact) mass is 217 g/mol. The van der Waals surface area contributed by atoms with Crippen LogP contribution in [0.2, 0.25) is 0 Å². The minimum atomic E-state index is 0.425. The maximum atomic E-state index is 4.16. The summed E-state index contributed by atoms with van der Waals surface area (Å²) in [6.45, 7) is 4.24. The van der Waals surface area contributed by atoms with Gasteiger partial charge in [-0.2, -0.15) is 0 Å². The largest absolute Gasteiger partial charge is 0.359 e. The molecule has 1 heterocycles. The lowest BCUT2D eigenvalue weighted by atomic mass is 10.4. The van der Waals surface area contributed by atoms with E-state index in [1.807, 2.05) is 7.05 Å². The van der Waals surface area contributed by atoms with Gasteiger partial charge in [-0.1, -0.05) is 0 Å². The quantitative estimate of drug-likeness (QED) is 0.825. The van der Waals surface area contributed by atoms with E-state index in [1.165, 1.54) is 0 Å². The standard InChI is InChI=1S/C7H12BrN3/c1-5(2)11-6(8)4-10-7(11)9-3/h4-5H,1-3H3,(H,9,10). The number of nitrogens with zero attached hydrogens (tertiary/aromatic N) is 2. The summed E-state index contributed by atoms with van der Waals surface area (Å²) in [5, 5.41) is 3.02. The Labute approximate surface area is 74.9 Å². The van der Waals surface area contributed by atoms with Crippen molar-refractivity contribution in [3.8, 4) is 0 Å². The second-order valence-corrected chi connectivity index (χ2v) is 3.43. The van der Waals surface area contributed by atoms with Crippen molar-refractivity contribution in [3.63, 3.8) is 0 Å². The van der Waals surface area contributed by atoms with Crippen molar-refractivity contribution < 1.29 is 0 Å². The molecule has 0 aliphatic rings. The van der Waals surface area contributed by atoms with E-state index < -0.39 is 0 Å². The van der Waals surface area contributed by atoms with Crippen LogP contribution in [0.4, 0.5) is 5.95 Å². The maximum absolute atomic E-state index is 4.16. The topological polar surface area (TPSA) is 29.9 Å². The number of hydrogen-bond donors (Lipinski definition) is 1. The second kappa shape index (κ2) is 3.26. The van der Waals surface area contributed by atoms with Crippen LogP contribution in [-0.4, -0.2) is 16.6 Å². The number of hydrogen-bond acceptors (Lipinski definition) is 2. The van der Waals surface area contributed by atoms with Gasteiger partial charge in [0.05, 0.1) is 6.20 Å². The molecule has 0 spiro atoms. The number of rotatable bonds is 2. The molecule has 0 aliphatic heterocycles. The molecule has 0 aliphatic carbocycles. The van der Waals surface area contributed by atoms with E-state index in [-0.39, 0.29) is 0 Å². The highest BCUT2D eigenvalue weighted by molar-refractivity contribution is 9.10. The first-order valence-corrected chi connectivity index (χ1v) is 4.36. The third kappa shape index (κ3) is 1.56. The fourth-order valence-electron chi connectivity index (χ4n) is 1.02. The summed E-state index contributed by atoms with van der Waals surface area (Å²) in [6, 6.07) is 0.425. The zero-order chi connectivity index (χ0) is 8.43. The first kappa shape index (κ1) is 8.59. The predicted octanol–water partition coefficient (Wildman–Crippen LogP) is 2.27. The van der Waals surface area contributed by atoms with Crippen LogP contribution >= 0.6 is 15.9 Å². The summed E-state index contributed by atoms with van der Waals surface area (Å²) in [7, 11) is 1.87. The molecule has 0 fully saturated rings. The molecule has 11 heavy (non-hydrogen) atoms. The molecule has 0 aromatic carbocycles. The van der Waals surface area contributed by atoms with Crippen LogP contribution in [0.15, 0.2) is 10.8 Å². The Balaban J connectivity index is 3.07. The molecule has 62 valence electrons. The van der Waals surface area contributed by atoms with E-state index in [2.05, 4.69) is 44.6 Å². The van der Waals surface area contributed by atoms with E-state index in [0.29, 0.717) is 6.04 Å². The van der Waals surface area contributed by atoms with Crippen LogP contribution in [0.3, 0.4) is 0 Å². The van der Waals surface area contributed by atoms with Crippen LogP contribution in [0, 0.1) is 0 Å². The lowest BCUT2D eigenvalue weighted by Gasteiger charge is -2.11. The van der Waals surface area contributed by atoms with Gasteiger partial charge in [-0.15, -0.1) is 0 Å². The van der Waals surface area contributed by atoms with Gasteiger partial charge in [-0.05, 0) is 29.8 Å². The van der Waals surface area contributed by atoms with E-state index in [0.717, 1.165) is 10.6 Å². The van der Waals surface area contributed by atoms with Crippen LogP contribution in [-0.2, 0) is 0 Å². The van der Waals surface area contributed by atoms with Gasteiger partial charge < -0.3 is 9.88 Å². The van der Waals surface area contributed by atoms with Gasteiger partial charge in [0.15, 0.2) is 0 Å². The average molecular weight is 218 g/mol. The van der Waals surface area contributed by atoms with Crippen molar-refractivity contribution in [2.45, 2.75) is 19.9 Å². The van der Waals surface area contributed by atoms with Gasteiger partial charge in [-0.3, -0.25) is 0 Å². The Kier molecular flexibility index (Phi) is 2.54. The van der Waals surface area contributed by atoms with Gasteiger partial charge in [-0.25, -0.2) is 4.98 Å².